The first-order chi connectivity index (χ1) is 26.8. The number of nitrogens with zero attached hydrogens (tertiary/aromatic N) is 2. The second kappa shape index (κ2) is 15.3. The van der Waals surface area contributed by atoms with Gasteiger partial charge in [0, 0.05) is 91.1 Å². The zero-order valence-corrected chi connectivity index (χ0v) is 39.2. The fraction of sp³-hybridized carbons (Fsp3) is 0.385. The van der Waals surface area contributed by atoms with Crippen LogP contribution >= 0.6 is 22.7 Å². The SMILES string of the molecule is CN(C)c1ccc(-c2cc(=c3cc(-c4ccc(N(C)C)cc4)sc3=C3C=C(C(C)(C)C)C(=O)C(C(C)(C)C)=C3)c(=C3C=C(C(C)(C)C)C(=O)C(C(C)(C)C)=C3)s2)cc1. The van der Waals surface area contributed by atoms with Crippen LogP contribution in [-0.4, -0.2) is 39.8 Å². The Hall–Kier alpha value is -4.52. The van der Waals surface area contributed by atoms with Crippen molar-refractivity contribution in [2.45, 2.75) is 83.1 Å². The van der Waals surface area contributed by atoms with Gasteiger partial charge >= 0.3 is 0 Å². The van der Waals surface area contributed by atoms with Gasteiger partial charge in [-0.2, -0.15) is 0 Å². The molecule has 0 spiro atoms. The van der Waals surface area contributed by atoms with E-state index >= 15 is 0 Å². The zero-order valence-electron chi connectivity index (χ0n) is 37.6. The Balaban J connectivity index is 1.90. The molecule has 304 valence electrons. The molecule has 2 aliphatic rings. The summed E-state index contributed by atoms with van der Waals surface area (Å²) in [6.45, 7) is 25.6. The molecule has 0 amide bonds. The molecule has 6 rings (SSSR count). The molecule has 2 aliphatic carbocycles. The summed E-state index contributed by atoms with van der Waals surface area (Å²) in [4.78, 5) is 35.0. The molecule has 0 atom stereocenters. The lowest BCUT2D eigenvalue weighted by molar-refractivity contribution is -0.114. The number of thiophene rings is 2. The summed E-state index contributed by atoms with van der Waals surface area (Å²) in [5.74, 6) is 0.256. The Kier molecular flexibility index (Phi) is 11.3. The Labute approximate surface area is 355 Å². The maximum atomic E-state index is 14.2. The fourth-order valence-corrected chi connectivity index (χ4v) is 9.82. The summed E-state index contributed by atoms with van der Waals surface area (Å²) >= 11 is 3.57. The van der Waals surface area contributed by atoms with Gasteiger partial charge in [-0.25, -0.2) is 0 Å². The predicted molar refractivity (Wildman–Crippen MR) is 252 cm³/mol. The average Bonchev–Trinajstić information content (AvgIpc) is 3.76. The molecule has 2 aromatic carbocycles. The number of Topliss-reactive ketones (excluding diaryl/α,β-unsaturated/α-hetero) is 2. The van der Waals surface area contributed by atoms with E-state index in [1.807, 2.05) is 0 Å². The molecular formula is C52H62N2O2S2. The lowest BCUT2D eigenvalue weighted by atomic mass is 9.72. The number of rotatable bonds is 4. The summed E-state index contributed by atoms with van der Waals surface area (Å²) in [6, 6.07) is 22.2. The van der Waals surface area contributed by atoms with Crippen LogP contribution in [0, 0.1) is 32.1 Å². The lowest BCUT2D eigenvalue weighted by Crippen LogP contribution is -2.28. The topological polar surface area (TPSA) is 40.6 Å². The van der Waals surface area contributed by atoms with Crippen molar-refractivity contribution in [2.75, 3.05) is 38.0 Å². The Bertz CT molecular complexity index is 2390. The summed E-state index contributed by atoms with van der Waals surface area (Å²) in [6.07, 6.45) is 8.61. The number of hydrogen-bond donors (Lipinski definition) is 0. The molecule has 0 saturated carbocycles. The molecule has 2 aromatic heterocycles. The van der Waals surface area contributed by atoms with E-state index in [1.165, 1.54) is 0 Å². The average molecular weight is 811 g/mol. The van der Waals surface area contributed by atoms with Crippen molar-refractivity contribution in [2.24, 2.45) is 21.7 Å². The molecule has 0 bridgehead atoms. The number of carbonyl (C=O) groups is 2. The molecule has 6 heteroatoms. The second-order valence-electron chi connectivity index (χ2n) is 20.4. The molecule has 4 nitrogen and oxygen atoms in total. The number of allylic oxidation sites excluding steroid dienone is 8. The van der Waals surface area contributed by atoms with E-state index in [2.05, 4.69) is 206 Å². The van der Waals surface area contributed by atoms with Crippen molar-refractivity contribution in [3.63, 3.8) is 0 Å². The molecule has 0 fully saturated rings. The number of benzene rings is 2. The maximum Gasteiger partial charge on any atom is 0.186 e. The van der Waals surface area contributed by atoms with Crippen LogP contribution < -0.4 is 18.9 Å². The Morgan fingerprint density at radius 1 is 0.414 bits per heavy atom. The van der Waals surface area contributed by atoms with Gasteiger partial charge in [-0.3, -0.25) is 9.59 Å². The van der Waals surface area contributed by atoms with Crippen LogP contribution in [0.3, 0.4) is 0 Å². The smallest absolute Gasteiger partial charge is 0.186 e. The first-order valence-electron chi connectivity index (χ1n) is 20.3. The largest absolute Gasteiger partial charge is 0.378 e. The molecule has 4 aromatic rings. The third-order valence-corrected chi connectivity index (χ3v) is 13.5. The van der Waals surface area contributed by atoms with Crippen LogP contribution in [0.1, 0.15) is 83.1 Å². The van der Waals surface area contributed by atoms with E-state index < -0.39 is 0 Å². The molecule has 0 unspecified atom stereocenters. The summed E-state index contributed by atoms with van der Waals surface area (Å²) < 4.78 is 2.26. The number of carbonyl (C=O) groups excluding carboxylic acids is 2. The highest BCUT2D eigenvalue weighted by Crippen LogP contribution is 2.41. The van der Waals surface area contributed by atoms with Gasteiger partial charge in [0.1, 0.15) is 0 Å². The highest BCUT2D eigenvalue weighted by Gasteiger charge is 2.36. The molecule has 0 saturated heterocycles. The van der Waals surface area contributed by atoms with Crippen LogP contribution in [-0.2, 0) is 9.59 Å². The minimum absolute atomic E-state index is 0.128. The predicted octanol–water partition coefficient (Wildman–Crippen LogP) is 11.9. The van der Waals surface area contributed by atoms with Gasteiger partial charge in [0.2, 0.25) is 0 Å². The van der Waals surface area contributed by atoms with E-state index in [9.17, 15) is 9.59 Å². The quantitative estimate of drug-likeness (QED) is 0.206. The molecule has 0 radical (unpaired) electrons. The van der Waals surface area contributed by atoms with Crippen molar-refractivity contribution >= 4 is 56.8 Å². The number of hydrogen-bond acceptors (Lipinski definition) is 6. The molecule has 58 heavy (non-hydrogen) atoms. The zero-order chi connectivity index (χ0) is 42.9. The minimum atomic E-state index is -0.346. The van der Waals surface area contributed by atoms with E-state index in [-0.39, 0.29) is 33.2 Å². The van der Waals surface area contributed by atoms with Crippen LogP contribution in [0.4, 0.5) is 11.4 Å². The summed E-state index contributed by atoms with van der Waals surface area (Å²) in [7, 11) is 8.26. The maximum absolute atomic E-state index is 14.2. The van der Waals surface area contributed by atoms with Crippen molar-refractivity contribution < 1.29 is 9.59 Å². The van der Waals surface area contributed by atoms with Crippen molar-refractivity contribution in [1.29, 1.82) is 0 Å². The van der Waals surface area contributed by atoms with Crippen molar-refractivity contribution in [3.8, 4) is 20.9 Å². The lowest BCUT2D eigenvalue weighted by Gasteiger charge is -2.31. The van der Waals surface area contributed by atoms with Crippen molar-refractivity contribution in [1.82, 2.24) is 0 Å². The van der Waals surface area contributed by atoms with Crippen molar-refractivity contribution in [3.05, 3.63) is 127 Å². The second-order valence-corrected chi connectivity index (χ2v) is 22.5. The third kappa shape index (κ3) is 8.60. The van der Waals surface area contributed by atoms with Crippen LogP contribution in [0.25, 0.3) is 32.0 Å². The van der Waals surface area contributed by atoms with Crippen LogP contribution in [0.2, 0.25) is 0 Å². The molecule has 0 aliphatic heterocycles. The highest BCUT2D eigenvalue weighted by molar-refractivity contribution is 7.14. The Morgan fingerprint density at radius 3 is 0.897 bits per heavy atom. The van der Waals surface area contributed by atoms with Gasteiger partial charge in [-0.15, -0.1) is 22.7 Å². The number of ketones is 2. The molecular weight excluding hydrogens is 749 g/mol. The van der Waals surface area contributed by atoms with Gasteiger partial charge in [0.05, 0.1) is 0 Å². The van der Waals surface area contributed by atoms with Crippen LogP contribution in [0.5, 0.6) is 0 Å². The molecule has 2 heterocycles. The molecule has 0 N–H and O–H groups in total. The van der Waals surface area contributed by atoms with E-state index in [1.54, 1.807) is 22.7 Å². The summed E-state index contributed by atoms with van der Waals surface area (Å²) in [5, 5.41) is 2.25. The monoisotopic (exact) mass is 810 g/mol. The Morgan fingerprint density at radius 2 is 0.672 bits per heavy atom. The number of anilines is 2. The summed E-state index contributed by atoms with van der Waals surface area (Å²) in [5.41, 5.74) is 8.62. The van der Waals surface area contributed by atoms with E-state index in [4.69, 9.17) is 0 Å². The van der Waals surface area contributed by atoms with Gasteiger partial charge in [-0.1, -0.05) is 107 Å². The highest BCUT2D eigenvalue weighted by atomic mass is 32.1. The van der Waals surface area contributed by atoms with Crippen LogP contribution in [0.15, 0.2) is 107 Å². The van der Waals surface area contributed by atoms with Gasteiger partial charge in [0.25, 0.3) is 0 Å². The van der Waals surface area contributed by atoms with Gasteiger partial charge in [0.15, 0.2) is 11.6 Å². The van der Waals surface area contributed by atoms with Gasteiger partial charge in [-0.05, 0) is 105 Å². The first kappa shape index (κ1) is 43.1. The minimum Gasteiger partial charge on any atom is -0.378 e. The first-order valence-corrected chi connectivity index (χ1v) is 22.0. The standard InChI is InChI=1S/C52H62N2O2S2/c1-49(2,3)39-25-33(26-40(45(39)55)50(4,5)6)47-37(29-43(57-47)31-17-21-35(22-18-31)53(13)14)38-30-44(32-19-23-36(24-20-32)54(15)16)58-48(38)34-27-41(51(7,8)9)46(56)42(28-34)52(10,11)12/h17-30H,1-16H3. The van der Waals surface area contributed by atoms with E-state index in [0.29, 0.717) is 0 Å². The van der Waals surface area contributed by atoms with Gasteiger partial charge < -0.3 is 9.80 Å². The fourth-order valence-electron chi connectivity index (χ4n) is 7.49. The van der Waals surface area contributed by atoms with E-state index in [0.717, 1.165) is 85.2 Å². The third-order valence-electron chi connectivity index (χ3n) is 11.0. The normalized spacial score (nSPS) is 16.3.